The van der Waals surface area contributed by atoms with Crippen molar-refractivity contribution in [1.82, 2.24) is 0 Å². The first-order chi connectivity index (χ1) is 4.66. The van der Waals surface area contributed by atoms with Gasteiger partial charge in [0.2, 0.25) is 5.12 Å². The van der Waals surface area contributed by atoms with Crippen molar-refractivity contribution in [2.24, 2.45) is 0 Å². The molecule has 2 nitrogen and oxygen atoms in total. The third-order valence-corrected chi connectivity index (χ3v) is 2.78. The fraction of sp³-hybridized carbons (Fsp3) is 1.00. The molecule has 10 heavy (non-hydrogen) atoms. The van der Waals surface area contributed by atoms with Gasteiger partial charge in [-0.25, -0.2) is 0 Å². The standard InChI is InChI=1S/C7H14O2S/c1-4-8-7(3)9-6(2)5-10-7/h6H,4-5H2,1-3H3. The van der Waals surface area contributed by atoms with Gasteiger partial charge in [0.1, 0.15) is 0 Å². The first-order valence-electron chi connectivity index (χ1n) is 3.62. The third-order valence-electron chi connectivity index (χ3n) is 1.40. The zero-order valence-electron chi connectivity index (χ0n) is 6.72. The Kier molecular flexibility index (Phi) is 2.61. The van der Waals surface area contributed by atoms with Gasteiger partial charge in [-0.3, -0.25) is 0 Å². The lowest BCUT2D eigenvalue weighted by Gasteiger charge is -2.22. The zero-order chi connectivity index (χ0) is 7.61. The normalized spacial score (nSPS) is 40.5. The Morgan fingerprint density at radius 3 is 2.90 bits per heavy atom. The summed E-state index contributed by atoms with van der Waals surface area (Å²) in [6.07, 6.45) is 0.335. The molecule has 0 radical (unpaired) electrons. The molecule has 1 heterocycles. The Balaban J connectivity index is 2.38. The zero-order valence-corrected chi connectivity index (χ0v) is 7.53. The molecule has 0 aromatic rings. The number of rotatable bonds is 2. The van der Waals surface area contributed by atoms with Gasteiger partial charge in [0.15, 0.2) is 0 Å². The molecule has 1 aliphatic heterocycles. The van der Waals surface area contributed by atoms with E-state index >= 15 is 0 Å². The minimum atomic E-state index is -0.367. The molecular weight excluding hydrogens is 148 g/mol. The smallest absolute Gasteiger partial charge is 0.215 e. The van der Waals surface area contributed by atoms with Gasteiger partial charge in [-0.1, -0.05) is 11.8 Å². The van der Waals surface area contributed by atoms with Crippen LogP contribution in [0, 0.1) is 0 Å². The van der Waals surface area contributed by atoms with Crippen LogP contribution in [0.4, 0.5) is 0 Å². The van der Waals surface area contributed by atoms with Crippen molar-refractivity contribution < 1.29 is 9.47 Å². The molecular formula is C7H14O2S. The SMILES string of the molecule is CCOC1(C)OC(C)CS1. The van der Waals surface area contributed by atoms with E-state index in [2.05, 4.69) is 6.92 Å². The topological polar surface area (TPSA) is 18.5 Å². The van der Waals surface area contributed by atoms with E-state index in [4.69, 9.17) is 9.47 Å². The van der Waals surface area contributed by atoms with Crippen LogP contribution in [0.25, 0.3) is 0 Å². The Morgan fingerprint density at radius 2 is 2.50 bits per heavy atom. The van der Waals surface area contributed by atoms with Crippen LogP contribution in [0.1, 0.15) is 20.8 Å². The van der Waals surface area contributed by atoms with Crippen LogP contribution >= 0.6 is 11.8 Å². The third kappa shape index (κ3) is 1.87. The lowest BCUT2D eigenvalue weighted by molar-refractivity contribution is -0.163. The molecule has 3 heteroatoms. The molecule has 0 saturated carbocycles. The van der Waals surface area contributed by atoms with E-state index in [1.54, 1.807) is 11.8 Å². The number of hydrogen-bond donors (Lipinski definition) is 0. The molecule has 1 fully saturated rings. The second-order valence-electron chi connectivity index (χ2n) is 2.53. The summed E-state index contributed by atoms with van der Waals surface area (Å²) in [6.45, 7) is 6.75. The molecule has 1 rings (SSSR count). The highest BCUT2D eigenvalue weighted by Gasteiger charge is 2.35. The maximum absolute atomic E-state index is 5.53. The first kappa shape index (κ1) is 8.37. The van der Waals surface area contributed by atoms with Gasteiger partial charge < -0.3 is 9.47 Å². The van der Waals surface area contributed by atoms with Crippen molar-refractivity contribution >= 4 is 11.8 Å². The second-order valence-corrected chi connectivity index (χ2v) is 3.90. The average molecular weight is 162 g/mol. The summed E-state index contributed by atoms with van der Waals surface area (Å²) in [5.74, 6) is 1.04. The predicted octanol–water partition coefficient (Wildman–Crippen LogP) is 1.85. The summed E-state index contributed by atoms with van der Waals surface area (Å²) in [4.78, 5) is 0. The minimum Gasteiger partial charge on any atom is -0.342 e. The Labute approximate surface area is 66.3 Å². The van der Waals surface area contributed by atoms with Crippen LogP contribution in [0.5, 0.6) is 0 Å². The highest BCUT2D eigenvalue weighted by atomic mass is 32.2. The summed E-state index contributed by atoms with van der Waals surface area (Å²) in [5, 5.41) is -0.367. The fourth-order valence-electron chi connectivity index (χ4n) is 1.04. The molecule has 0 aromatic heterocycles. The highest BCUT2D eigenvalue weighted by molar-refractivity contribution is 8.00. The maximum Gasteiger partial charge on any atom is 0.215 e. The van der Waals surface area contributed by atoms with Gasteiger partial charge in [-0.05, 0) is 13.8 Å². The van der Waals surface area contributed by atoms with Crippen molar-refractivity contribution in [1.29, 1.82) is 0 Å². The van der Waals surface area contributed by atoms with Crippen LogP contribution in [0.2, 0.25) is 0 Å². The van der Waals surface area contributed by atoms with Crippen molar-refractivity contribution in [2.75, 3.05) is 12.4 Å². The molecule has 0 amide bonds. The molecule has 0 aromatic carbocycles. The summed E-state index contributed by atoms with van der Waals surface area (Å²) >= 11 is 1.73. The second kappa shape index (κ2) is 3.11. The number of ether oxygens (including phenoxy) is 2. The van der Waals surface area contributed by atoms with E-state index in [1.807, 2.05) is 13.8 Å². The molecule has 0 bridgehead atoms. The summed E-state index contributed by atoms with van der Waals surface area (Å²) in [5.41, 5.74) is 0. The average Bonchev–Trinajstić information content (AvgIpc) is 2.12. The predicted molar refractivity (Wildman–Crippen MR) is 43.0 cm³/mol. The van der Waals surface area contributed by atoms with Crippen molar-refractivity contribution in [3.8, 4) is 0 Å². The van der Waals surface area contributed by atoms with Crippen LogP contribution in [-0.4, -0.2) is 23.6 Å². The van der Waals surface area contributed by atoms with Gasteiger partial charge in [0.25, 0.3) is 0 Å². The van der Waals surface area contributed by atoms with Gasteiger partial charge in [0, 0.05) is 19.3 Å². The molecule has 1 saturated heterocycles. The van der Waals surface area contributed by atoms with Crippen LogP contribution < -0.4 is 0 Å². The van der Waals surface area contributed by atoms with E-state index in [0.29, 0.717) is 6.10 Å². The lowest BCUT2D eigenvalue weighted by atomic mass is 10.5. The van der Waals surface area contributed by atoms with E-state index in [1.165, 1.54) is 0 Å². The first-order valence-corrected chi connectivity index (χ1v) is 4.60. The molecule has 0 N–H and O–H groups in total. The van der Waals surface area contributed by atoms with Gasteiger partial charge in [-0.2, -0.15) is 0 Å². The monoisotopic (exact) mass is 162 g/mol. The molecule has 2 unspecified atom stereocenters. The number of hydrogen-bond acceptors (Lipinski definition) is 3. The summed E-state index contributed by atoms with van der Waals surface area (Å²) in [6, 6.07) is 0. The van der Waals surface area contributed by atoms with Crippen LogP contribution in [-0.2, 0) is 9.47 Å². The van der Waals surface area contributed by atoms with E-state index < -0.39 is 0 Å². The Morgan fingerprint density at radius 1 is 1.80 bits per heavy atom. The van der Waals surface area contributed by atoms with E-state index in [-0.39, 0.29) is 5.12 Å². The summed E-state index contributed by atoms with van der Waals surface area (Å²) < 4.78 is 10.9. The quantitative estimate of drug-likeness (QED) is 0.617. The van der Waals surface area contributed by atoms with Crippen molar-refractivity contribution in [3.05, 3.63) is 0 Å². The highest BCUT2D eigenvalue weighted by Crippen LogP contribution is 2.36. The molecule has 2 atom stereocenters. The minimum absolute atomic E-state index is 0.335. The van der Waals surface area contributed by atoms with E-state index in [9.17, 15) is 0 Å². The van der Waals surface area contributed by atoms with Crippen molar-refractivity contribution in [2.45, 2.75) is 32.0 Å². The Hall–Kier alpha value is 0.270. The molecule has 0 spiro atoms. The maximum atomic E-state index is 5.53. The largest absolute Gasteiger partial charge is 0.342 e. The Bertz CT molecular complexity index is 114. The molecule has 1 aliphatic rings. The van der Waals surface area contributed by atoms with Gasteiger partial charge in [0.05, 0.1) is 6.10 Å². The van der Waals surface area contributed by atoms with Gasteiger partial charge in [-0.15, -0.1) is 0 Å². The summed E-state index contributed by atoms with van der Waals surface area (Å²) in [7, 11) is 0. The molecule has 60 valence electrons. The molecule has 0 aliphatic carbocycles. The fourth-order valence-corrected chi connectivity index (χ4v) is 2.08. The van der Waals surface area contributed by atoms with Crippen molar-refractivity contribution in [3.63, 3.8) is 0 Å². The van der Waals surface area contributed by atoms with Crippen LogP contribution in [0.15, 0.2) is 0 Å². The van der Waals surface area contributed by atoms with E-state index in [0.717, 1.165) is 12.4 Å². The van der Waals surface area contributed by atoms with Crippen LogP contribution in [0.3, 0.4) is 0 Å². The number of thioether (sulfide) groups is 1. The lowest BCUT2D eigenvalue weighted by Crippen LogP contribution is -2.25. The van der Waals surface area contributed by atoms with Gasteiger partial charge >= 0.3 is 0 Å².